The molecular formula is C18H20Cl2N2O4. The van der Waals surface area contributed by atoms with E-state index in [0.717, 1.165) is 16.7 Å². The number of ether oxygens (including phenoxy) is 1. The monoisotopic (exact) mass is 398 g/mol. The molecule has 1 aromatic heterocycles. The Balaban J connectivity index is 2.19. The van der Waals surface area contributed by atoms with Crippen LogP contribution in [0.5, 0.6) is 0 Å². The Hall–Kier alpha value is -1.41. The van der Waals surface area contributed by atoms with Crippen LogP contribution in [0.3, 0.4) is 0 Å². The molecule has 0 saturated carbocycles. The number of hydrogen-bond acceptors (Lipinski definition) is 6. The number of aliphatic hydroxyl groups excluding tert-OH is 1. The number of carbonyl (C=O) groups is 1. The molecule has 140 valence electrons. The van der Waals surface area contributed by atoms with Gasteiger partial charge in [-0.15, -0.1) is 16.1 Å². The lowest BCUT2D eigenvalue weighted by Gasteiger charge is -2.28. The standard InChI is InChI=1S/C18H20Cl2N2O4/c1-3-21-17(24)18(19,11-23)16(22(21)20)14-6-4-5-13(15(14)10-25-2)12-7-8-26-9-12/h4-9,11,16-17,24H,3,10H2,1-2H3. The predicted molar refractivity (Wildman–Crippen MR) is 98.3 cm³/mol. The van der Waals surface area contributed by atoms with Gasteiger partial charge in [-0.3, -0.25) is 0 Å². The normalized spacial score (nSPS) is 27.1. The highest BCUT2D eigenvalue weighted by atomic mass is 35.5. The summed E-state index contributed by atoms with van der Waals surface area (Å²) in [6.45, 7) is 2.50. The maximum atomic E-state index is 11.9. The Labute approximate surface area is 161 Å². The highest BCUT2D eigenvalue weighted by Gasteiger charge is 2.58. The van der Waals surface area contributed by atoms with Crippen molar-refractivity contribution in [1.82, 2.24) is 9.54 Å². The van der Waals surface area contributed by atoms with Gasteiger partial charge in [0.25, 0.3) is 0 Å². The van der Waals surface area contributed by atoms with E-state index in [0.29, 0.717) is 18.4 Å². The molecule has 3 rings (SSSR count). The van der Waals surface area contributed by atoms with Crippen molar-refractivity contribution in [2.45, 2.75) is 30.7 Å². The highest BCUT2D eigenvalue weighted by Crippen LogP contribution is 2.49. The zero-order valence-electron chi connectivity index (χ0n) is 14.4. The second-order valence-corrected chi connectivity index (χ2v) is 7.09. The van der Waals surface area contributed by atoms with E-state index in [2.05, 4.69) is 0 Å². The maximum absolute atomic E-state index is 11.9. The van der Waals surface area contributed by atoms with E-state index < -0.39 is 17.1 Å². The molecule has 0 aliphatic carbocycles. The van der Waals surface area contributed by atoms with E-state index in [9.17, 15) is 9.90 Å². The van der Waals surface area contributed by atoms with E-state index in [4.69, 9.17) is 32.5 Å². The molecule has 6 nitrogen and oxygen atoms in total. The van der Waals surface area contributed by atoms with Crippen LogP contribution >= 0.6 is 23.4 Å². The van der Waals surface area contributed by atoms with Gasteiger partial charge in [0.2, 0.25) is 0 Å². The summed E-state index contributed by atoms with van der Waals surface area (Å²) in [6, 6.07) is 6.69. The molecule has 1 aliphatic rings. The number of rotatable bonds is 6. The van der Waals surface area contributed by atoms with Crippen molar-refractivity contribution < 1.29 is 19.1 Å². The molecule has 0 radical (unpaired) electrons. The van der Waals surface area contributed by atoms with E-state index in [-0.39, 0.29) is 6.61 Å². The van der Waals surface area contributed by atoms with Crippen molar-refractivity contribution in [3.05, 3.63) is 47.9 Å². The Morgan fingerprint density at radius 3 is 2.77 bits per heavy atom. The van der Waals surface area contributed by atoms with Gasteiger partial charge in [-0.2, -0.15) is 5.01 Å². The smallest absolute Gasteiger partial charge is 0.162 e. The lowest BCUT2D eigenvalue weighted by Crippen LogP contribution is -2.43. The summed E-state index contributed by atoms with van der Waals surface area (Å²) in [6.07, 6.45) is 2.52. The topological polar surface area (TPSA) is 66.1 Å². The van der Waals surface area contributed by atoms with Crippen molar-refractivity contribution in [1.29, 1.82) is 0 Å². The second kappa shape index (κ2) is 7.68. The van der Waals surface area contributed by atoms with Crippen LogP contribution in [0.2, 0.25) is 0 Å². The third-order valence-electron chi connectivity index (χ3n) is 4.69. The molecule has 1 saturated heterocycles. The van der Waals surface area contributed by atoms with Crippen LogP contribution in [0.25, 0.3) is 11.1 Å². The number of furan rings is 1. The summed E-state index contributed by atoms with van der Waals surface area (Å²) in [5.41, 5.74) is 3.29. The van der Waals surface area contributed by atoms with Gasteiger partial charge in [0.15, 0.2) is 4.87 Å². The van der Waals surface area contributed by atoms with Crippen LogP contribution in [0, 0.1) is 0 Å². The molecule has 3 atom stereocenters. The number of halogens is 2. The molecule has 26 heavy (non-hydrogen) atoms. The number of methoxy groups -OCH3 is 1. The first-order valence-corrected chi connectivity index (χ1v) is 8.89. The summed E-state index contributed by atoms with van der Waals surface area (Å²) in [5.74, 6) is 0. The summed E-state index contributed by atoms with van der Waals surface area (Å²) in [4.78, 5) is 10.2. The molecule has 3 unspecified atom stereocenters. The van der Waals surface area contributed by atoms with Crippen LogP contribution in [-0.2, 0) is 16.1 Å². The molecule has 8 heteroatoms. The van der Waals surface area contributed by atoms with Gasteiger partial charge in [0.05, 0.1) is 25.2 Å². The average Bonchev–Trinajstić information content (AvgIpc) is 3.23. The Bertz CT molecular complexity index is 771. The van der Waals surface area contributed by atoms with E-state index in [1.54, 1.807) is 19.6 Å². The zero-order valence-corrected chi connectivity index (χ0v) is 15.9. The van der Waals surface area contributed by atoms with Crippen molar-refractivity contribution >= 4 is 29.7 Å². The summed E-state index contributed by atoms with van der Waals surface area (Å²) >= 11 is 13.1. The van der Waals surface area contributed by atoms with E-state index in [1.165, 1.54) is 9.54 Å². The lowest BCUT2D eigenvalue weighted by atomic mass is 9.87. The van der Waals surface area contributed by atoms with Gasteiger partial charge in [0, 0.05) is 19.2 Å². The first-order valence-electron chi connectivity index (χ1n) is 8.17. The highest BCUT2D eigenvalue weighted by molar-refractivity contribution is 6.33. The molecule has 0 spiro atoms. The molecular weight excluding hydrogens is 379 g/mol. The van der Waals surface area contributed by atoms with E-state index >= 15 is 0 Å². The number of aliphatic hydroxyl groups is 1. The van der Waals surface area contributed by atoms with Gasteiger partial charge in [0.1, 0.15) is 12.5 Å². The minimum absolute atomic E-state index is 0.284. The quantitative estimate of drug-likeness (QED) is 0.457. The van der Waals surface area contributed by atoms with Crippen LogP contribution < -0.4 is 0 Å². The lowest BCUT2D eigenvalue weighted by molar-refractivity contribution is -0.114. The summed E-state index contributed by atoms with van der Waals surface area (Å²) in [7, 11) is 1.59. The van der Waals surface area contributed by atoms with Crippen LogP contribution in [-0.4, -0.2) is 45.7 Å². The molecule has 0 amide bonds. The second-order valence-electron chi connectivity index (χ2n) is 6.08. The molecule has 2 aromatic rings. The number of hydrazine groups is 1. The van der Waals surface area contributed by atoms with Crippen molar-refractivity contribution in [2.24, 2.45) is 0 Å². The van der Waals surface area contributed by atoms with Gasteiger partial charge < -0.3 is 19.1 Å². The minimum atomic E-state index is -1.62. The fraction of sp³-hybridized carbons (Fsp3) is 0.389. The van der Waals surface area contributed by atoms with Gasteiger partial charge in [-0.25, -0.2) is 0 Å². The first kappa shape index (κ1) is 19.4. The minimum Gasteiger partial charge on any atom is -0.472 e. The first-order chi connectivity index (χ1) is 12.5. The maximum Gasteiger partial charge on any atom is 0.162 e. The zero-order chi connectivity index (χ0) is 18.9. The average molecular weight is 399 g/mol. The number of aldehydes is 1. The third kappa shape index (κ3) is 2.97. The van der Waals surface area contributed by atoms with Gasteiger partial charge in [-0.05, 0) is 34.5 Å². The fourth-order valence-corrected chi connectivity index (χ4v) is 4.26. The number of benzene rings is 1. The molecule has 1 fully saturated rings. The Kier molecular flexibility index (Phi) is 5.72. The SMILES string of the molecule is CCN1C(O)C(Cl)(C=O)C(c2cccc(-c3ccoc3)c2COC)N1Cl. The molecule has 1 N–H and O–H groups in total. The van der Waals surface area contributed by atoms with Crippen LogP contribution in [0.15, 0.2) is 41.2 Å². The third-order valence-corrected chi connectivity index (χ3v) is 5.57. The van der Waals surface area contributed by atoms with Crippen LogP contribution in [0.1, 0.15) is 24.1 Å². The molecule has 1 aliphatic heterocycles. The largest absolute Gasteiger partial charge is 0.472 e. The van der Waals surface area contributed by atoms with Crippen molar-refractivity contribution in [3.63, 3.8) is 0 Å². The van der Waals surface area contributed by atoms with Crippen LogP contribution in [0.4, 0.5) is 0 Å². The molecule has 1 aromatic carbocycles. The fourth-order valence-electron chi connectivity index (χ4n) is 3.43. The van der Waals surface area contributed by atoms with Crippen molar-refractivity contribution in [3.8, 4) is 11.1 Å². The van der Waals surface area contributed by atoms with Gasteiger partial charge in [-0.1, -0.05) is 25.1 Å². The molecule has 2 heterocycles. The number of alkyl halides is 1. The van der Waals surface area contributed by atoms with Gasteiger partial charge >= 0.3 is 0 Å². The molecule has 0 bridgehead atoms. The number of hydrogen-bond donors (Lipinski definition) is 1. The van der Waals surface area contributed by atoms with Crippen molar-refractivity contribution in [2.75, 3.05) is 13.7 Å². The number of carbonyl (C=O) groups excluding carboxylic acids is 1. The Morgan fingerprint density at radius 2 is 2.19 bits per heavy atom. The van der Waals surface area contributed by atoms with E-state index in [1.807, 2.05) is 31.2 Å². The summed E-state index contributed by atoms with van der Waals surface area (Å²) < 4.78 is 11.9. The number of nitrogens with zero attached hydrogens (tertiary/aromatic N) is 2. The predicted octanol–water partition coefficient (Wildman–Crippen LogP) is 3.34. The Morgan fingerprint density at radius 1 is 1.42 bits per heavy atom. The summed E-state index contributed by atoms with van der Waals surface area (Å²) in [5, 5.41) is 12.0.